The first-order chi connectivity index (χ1) is 13.3. The van der Waals surface area contributed by atoms with E-state index in [4.69, 9.17) is 4.98 Å². The molecular formula is C20H28F2N6. The van der Waals surface area contributed by atoms with E-state index >= 15 is 0 Å². The van der Waals surface area contributed by atoms with Gasteiger partial charge in [0.1, 0.15) is 5.82 Å². The highest BCUT2D eigenvalue weighted by Gasteiger charge is 2.35. The van der Waals surface area contributed by atoms with Crippen LogP contribution in [0.3, 0.4) is 0 Å². The van der Waals surface area contributed by atoms with Crippen molar-refractivity contribution in [3.05, 3.63) is 30.1 Å². The van der Waals surface area contributed by atoms with E-state index in [-0.39, 0.29) is 18.9 Å². The van der Waals surface area contributed by atoms with E-state index in [2.05, 4.69) is 34.3 Å². The van der Waals surface area contributed by atoms with Crippen LogP contribution in [0.5, 0.6) is 0 Å². The topological polar surface area (TPSA) is 49.2 Å². The van der Waals surface area contributed by atoms with Gasteiger partial charge >= 0.3 is 0 Å². The Bertz CT molecular complexity index is 818. The third-order valence-corrected chi connectivity index (χ3v) is 5.78. The lowest BCUT2D eigenvalue weighted by Crippen LogP contribution is -2.57. The van der Waals surface area contributed by atoms with Crippen LogP contribution >= 0.6 is 0 Å². The summed E-state index contributed by atoms with van der Waals surface area (Å²) in [5.74, 6) is -1.06. The van der Waals surface area contributed by atoms with E-state index in [0.717, 1.165) is 36.1 Å². The van der Waals surface area contributed by atoms with Crippen LogP contribution in [0.25, 0.3) is 5.82 Å². The van der Waals surface area contributed by atoms with Gasteiger partial charge in [-0.1, -0.05) is 0 Å². The lowest BCUT2D eigenvalue weighted by atomic mass is 9.92. The second kappa shape index (κ2) is 7.31. The van der Waals surface area contributed by atoms with E-state index in [1.165, 1.54) is 0 Å². The van der Waals surface area contributed by atoms with E-state index in [0.29, 0.717) is 18.9 Å². The summed E-state index contributed by atoms with van der Waals surface area (Å²) in [6.07, 6.45) is 2.69. The van der Waals surface area contributed by atoms with Crippen molar-refractivity contribution in [1.29, 1.82) is 0 Å². The number of hydrogen-bond acceptors (Lipinski definition) is 5. The lowest BCUT2D eigenvalue weighted by Gasteiger charge is -2.44. The molecule has 8 heteroatoms. The summed E-state index contributed by atoms with van der Waals surface area (Å²) in [6.45, 7) is 3.87. The van der Waals surface area contributed by atoms with Gasteiger partial charge in [0.15, 0.2) is 5.82 Å². The maximum Gasteiger partial charge on any atom is 0.248 e. The normalized spacial score (nSPS) is 20.4. The SMILES string of the molecule is Cc1ccn(-c2cc(N3CC(N(C)C)C3)cc(NC3CCC(F)(F)CC3)n2)n1. The monoisotopic (exact) mass is 390 g/mol. The number of alkyl halides is 2. The Balaban J connectivity index is 1.56. The number of rotatable bonds is 5. The fraction of sp³-hybridized carbons (Fsp3) is 0.600. The van der Waals surface area contributed by atoms with Crippen molar-refractivity contribution < 1.29 is 8.78 Å². The highest BCUT2D eigenvalue weighted by molar-refractivity contribution is 5.60. The summed E-state index contributed by atoms with van der Waals surface area (Å²) in [7, 11) is 4.19. The van der Waals surface area contributed by atoms with Gasteiger partial charge in [0, 0.05) is 62.0 Å². The van der Waals surface area contributed by atoms with Crippen molar-refractivity contribution in [1.82, 2.24) is 19.7 Å². The van der Waals surface area contributed by atoms with Crippen LogP contribution < -0.4 is 10.2 Å². The van der Waals surface area contributed by atoms with Crippen molar-refractivity contribution in [3.63, 3.8) is 0 Å². The van der Waals surface area contributed by atoms with Crippen LogP contribution in [0.4, 0.5) is 20.3 Å². The maximum atomic E-state index is 13.5. The molecule has 0 unspecified atom stereocenters. The average Bonchev–Trinajstić information content (AvgIpc) is 3.02. The third-order valence-electron chi connectivity index (χ3n) is 5.78. The number of pyridine rings is 1. The van der Waals surface area contributed by atoms with Crippen LogP contribution in [0.1, 0.15) is 31.4 Å². The van der Waals surface area contributed by atoms with Gasteiger partial charge < -0.3 is 15.1 Å². The molecule has 28 heavy (non-hydrogen) atoms. The number of hydrogen-bond donors (Lipinski definition) is 1. The molecule has 2 aromatic heterocycles. The van der Waals surface area contributed by atoms with Crippen molar-refractivity contribution >= 4 is 11.5 Å². The van der Waals surface area contributed by atoms with Crippen LogP contribution in [-0.4, -0.2) is 64.9 Å². The first-order valence-corrected chi connectivity index (χ1v) is 9.89. The summed E-state index contributed by atoms with van der Waals surface area (Å²) in [5, 5.41) is 7.87. The Hall–Kier alpha value is -2.22. The average molecular weight is 390 g/mol. The highest BCUT2D eigenvalue weighted by atomic mass is 19.3. The molecule has 2 aromatic rings. The Morgan fingerprint density at radius 2 is 1.89 bits per heavy atom. The van der Waals surface area contributed by atoms with Crippen LogP contribution in [0, 0.1) is 6.92 Å². The van der Waals surface area contributed by atoms with Crippen LogP contribution in [0.15, 0.2) is 24.4 Å². The van der Waals surface area contributed by atoms with Gasteiger partial charge in [-0.15, -0.1) is 0 Å². The smallest absolute Gasteiger partial charge is 0.248 e. The second-order valence-electron chi connectivity index (χ2n) is 8.27. The molecule has 0 spiro atoms. The number of anilines is 2. The minimum absolute atomic E-state index is 0.0282. The molecule has 0 aromatic carbocycles. The molecular weight excluding hydrogens is 362 g/mol. The Kier molecular flexibility index (Phi) is 4.99. The summed E-state index contributed by atoms with van der Waals surface area (Å²) in [4.78, 5) is 9.25. The zero-order valence-electron chi connectivity index (χ0n) is 16.7. The number of nitrogens with zero attached hydrogens (tertiary/aromatic N) is 5. The van der Waals surface area contributed by atoms with Crippen molar-refractivity contribution in [2.24, 2.45) is 0 Å². The Labute approximate surface area is 164 Å². The van der Waals surface area contributed by atoms with Gasteiger partial charge in [0.25, 0.3) is 0 Å². The summed E-state index contributed by atoms with van der Waals surface area (Å²) >= 11 is 0. The molecule has 1 aliphatic carbocycles. The first-order valence-electron chi connectivity index (χ1n) is 9.89. The largest absolute Gasteiger partial charge is 0.368 e. The summed E-state index contributed by atoms with van der Waals surface area (Å²) < 4.78 is 28.7. The standard InChI is InChI=1S/C20H28F2N6/c1-14-6-9-28(25-14)19-11-16(27-12-17(13-27)26(2)3)10-18(24-19)23-15-4-7-20(21,22)8-5-15/h6,9-11,15,17H,4-5,7-8,12-13H2,1-3H3,(H,23,24). The van der Waals surface area contributed by atoms with Crippen molar-refractivity contribution in [2.75, 3.05) is 37.4 Å². The van der Waals surface area contributed by atoms with E-state index < -0.39 is 5.92 Å². The van der Waals surface area contributed by atoms with Crippen LogP contribution in [-0.2, 0) is 0 Å². The van der Waals surface area contributed by atoms with E-state index in [9.17, 15) is 8.78 Å². The molecule has 152 valence electrons. The van der Waals surface area contributed by atoms with Crippen molar-refractivity contribution in [2.45, 2.75) is 50.6 Å². The molecule has 0 atom stereocenters. The molecule has 1 saturated heterocycles. The molecule has 3 heterocycles. The number of halogens is 2. The molecule has 2 fully saturated rings. The molecule has 0 radical (unpaired) electrons. The zero-order chi connectivity index (χ0) is 19.9. The minimum Gasteiger partial charge on any atom is -0.368 e. The fourth-order valence-corrected chi connectivity index (χ4v) is 3.80. The molecule has 1 saturated carbocycles. The Morgan fingerprint density at radius 3 is 2.50 bits per heavy atom. The summed E-state index contributed by atoms with van der Waals surface area (Å²) in [6, 6.07) is 6.58. The third kappa shape index (κ3) is 4.11. The molecule has 6 nitrogen and oxygen atoms in total. The van der Waals surface area contributed by atoms with Crippen molar-refractivity contribution in [3.8, 4) is 5.82 Å². The number of nitrogens with one attached hydrogen (secondary N) is 1. The number of aryl methyl sites for hydroxylation is 1. The van der Waals surface area contributed by atoms with Crippen LogP contribution in [0.2, 0.25) is 0 Å². The van der Waals surface area contributed by atoms with Gasteiger partial charge in [-0.3, -0.25) is 0 Å². The van der Waals surface area contributed by atoms with E-state index in [1.54, 1.807) is 4.68 Å². The number of likely N-dealkylation sites (N-methyl/N-ethyl adjacent to an activating group) is 1. The maximum absolute atomic E-state index is 13.5. The zero-order valence-corrected chi connectivity index (χ0v) is 16.7. The fourth-order valence-electron chi connectivity index (χ4n) is 3.80. The lowest BCUT2D eigenvalue weighted by molar-refractivity contribution is -0.0361. The Morgan fingerprint density at radius 1 is 1.18 bits per heavy atom. The van der Waals surface area contributed by atoms with Gasteiger partial charge in [-0.25, -0.2) is 18.4 Å². The quantitative estimate of drug-likeness (QED) is 0.849. The number of aromatic nitrogens is 3. The van der Waals surface area contributed by atoms with E-state index in [1.807, 2.05) is 31.3 Å². The predicted octanol–water partition coefficient (Wildman–Crippen LogP) is 3.32. The highest BCUT2D eigenvalue weighted by Crippen LogP contribution is 2.35. The first kappa shape index (κ1) is 19.1. The van der Waals surface area contributed by atoms with Gasteiger partial charge in [-0.05, 0) is 39.9 Å². The second-order valence-corrected chi connectivity index (χ2v) is 8.27. The van der Waals surface area contributed by atoms with Gasteiger partial charge in [0.05, 0.1) is 5.69 Å². The van der Waals surface area contributed by atoms with Gasteiger partial charge in [0.2, 0.25) is 5.92 Å². The molecule has 1 aliphatic heterocycles. The molecule has 1 N–H and O–H groups in total. The van der Waals surface area contributed by atoms with Gasteiger partial charge in [-0.2, -0.15) is 5.10 Å². The summed E-state index contributed by atoms with van der Waals surface area (Å²) in [5.41, 5.74) is 2.01. The predicted molar refractivity (Wildman–Crippen MR) is 107 cm³/mol. The molecule has 2 aliphatic rings. The molecule has 0 bridgehead atoms. The molecule has 0 amide bonds. The minimum atomic E-state index is -2.52. The molecule has 4 rings (SSSR count).